The zero-order valence-corrected chi connectivity index (χ0v) is 15.1. The largest absolute Gasteiger partial charge is 0.443 e. The Morgan fingerprint density at radius 3 is 2.43 bits per heavy atom. The van der Waals surface area contributed by atoms with Crippen LogP contribution in [0.2, 0.25) is 0 Å². The lowest BCUT2D eigenvalue weighted by molar-refractivity contribution is 0.376. The van der Waals surface area contributed by atoms with Crippen LogP contribution in [-0.4, -0.2) is 19.8 Å². The van der Waals surface area contributed by atoms with Crippen molar-refractivity contribution in [2.24, 2.45) is 0 Å². The molecule has 0 bridgehead atoms. The molecule has 3 rings (SSSR count). The average molecular weight is 394 g/mol. The van der Waals surface area contributed by atoms with Gasteiger partial charge in [0, 0.05) is 29.0 Å². The second kappa shape index (κ2) is 6.11. The normalized spacial score (nSPS) is 13.6. The molecule has 0 fully saturated rings. The molecule has 1 heterocycles. The number of hydrogen-bond donors (Lipinski definition) is 0. The zero-order chi connectivity index (χ0) is 16.6. The third-order valence-electron chi connectivity index (χ3n) is 3.94. The van der Waals surface area contributed by atoms with Crippen molar-refractivity contribution < 1.29 is 12.8 Å². The maximum Gasteiger partial charge on any atom is 0.276 e. The molecule has 120 valence electrons. The van der Waals surface area contributed by atoms with Crippen molar-refractivity contribution >= 4 is 36.9 Å². The van der Waals surface area contributed by atoms with E-state index in [2.05, 4.69) is 15.9 Å². The Labute approximate surface area is 143 Å². The van der Waals surface area contributed by atoms with Crippen LogP contribution in [0.15, 0.2) is 68.6 Å². The van der Waals surface area contributed by atoms with Crippen molar-refractivity contribution in [2.75, 3.05) is 7.05 Å². The first-order valence-corrected chi connectivity index (χ1v) is 9.35. The summed E-state index contributed by atoms with van der Waals surface area (Å²) in [4.78, 5) is 0. The van der Waals surface area contributed by atoms with Gasteiger partial charge in [-0.15, -0.1) is 0 Å². The third kappa shape index (κ3) is 2.94. The van der Waals surface area contributed by atoms with Gasteiger partial charge in [0.2, 0.25) is 5.09 Å². The van der Waals surface area contributed by atoms with Crippen molar-refractivity contribution in [3.8, 4) is 0 Å². The minimum absolute atomic E-state index is 0.0416. The summed E-state index contributed by atoms with van der Waals surface area (Å²) in [5.41, 5.74) is 1.46. The van der Waals surface area contributed by atoms with Gasteiger partial charge in [-0.2, -0.15) is 4.31 Å². The topological polar surface area (TPSA) is 50.5 Å². The molecule has 1 aromatic heterocycles. The number of furan rings is 1. The van der Waals surface area contributed by atoms with Gasteiger partial charge in [-0.05, 0) is 24.6 Å². The number of halogens is 1. The lowest BCUT2D eigenvalue weighted by Gasteiger charge is -2.24. The number of hydrogen-bond acceptors (Lipinski definition) is 3. The van der Waals surface area contributed by atoms with E-state index in [1.54, 1.807) is 19.2 Å². The van der Waals surface area contributed by atoms with Crippen LogP contribution in [0.5, 0.6) is 0 Å². The second-order valence-corrected chi connectivity index (χ2v) is 8.10. The highest BCUT2D eigenvalue weighted by Crippen LogP contribution is 2.32. The standard InChI is InChI=1S/C17H16BrNO3S/c1-12(14-8-4-5-9-15(14)18)19(2)23(20,21)17-11-13-7-3-6-10-16(13)22-17/h3-12H,1-2H3. The zero-order valence-electron chi connectivity index (χ0n) is 12.7. The summed E-state index contributed by atoms with van der Waals surface area (Å²) in [6, 6.07) is 16.1. The Bertz CT molecular complexity index is 916. The first-order valence-electron chi connectivity index (χ1n) is 7.12. The van der Waals surface area contributed by atoms with Crippen LogP contribution >= 0.6 is 15.9 Å². The van der Waals surface area contributed by atoms with E-state index < -0.39 is 10.0 Å². The number of sulfonamides is 1. The van der Waals surface area contributed by atoms with E-state index in [0.717, 1.165) is 15.4 Å². The van der Waals surface area contributed by atoms with Gasteiger partial charge in [0.25, 0.3) is 10.0 Å². The first-order chi connectivity index (χ1) is 10.9. The Balaban J connectivity index is 2.00. The maximum atomic E-state index is 12.8. The molecule has 1 unspecified atom stereocenters. The molecule has 6 heteroatoms. The fourth-order valence-corrected chi connectivity index (χ4v) is 4.35. The fraction of sp³-hybridized carbons (Fsp3) is 0.176. The van der Waals surface area contributed by atoms with Gasteiger partial charge >= 0.3 is 0 Å². The van der Waals surface area contributed by atoms with Crippen LogP contribution < -0.4 is 0 Å². The van der Waals surface area contributed by atoms with E-state index in [-0.39, 0.29) is 11.1 Å². The van der Waals surface area contributed by atoms with Gasteiger partial charge in [-0.25, -0.2) is 8.42 Å². The van der Waals surface area contributed by atoms with E-state index in [4.69, 9.17) is 4.42 Å². The monoisotopic (exact) mass is 393 g/mol. The molecular weight excluding hydrogens is 378 g/mol. The Hall–Kier alpha value is -1.63. The lowest BCUT2D eigenvalue weighted by atomic mass is 10.1. The molecule has 0 amide bonds. The molecule has 2 aromatic carbocycles. The van der Waals surface area contributed by atoms with E-state index in [0.29, 0.717) is 5.58 Å². The molecule has 0 radical (unpaired) electrons. The van der Waals surface area contributed by atoms with Crippen LogP contribution in [0.3, 0.4) is 0 Å². The molecule has 0 aliphatic heterocycles. The Kier molecular flexibility index (Phi) is 4.31. The Morgan fingerprint density at radius 2 is 1.74 bits per heavy atom. The highest BCUT2D eigenvalue weighted by Gasteiger charge is 2.30. The van der Waals surface area contributed by atoms with E-state index in [1.165, 1.54) is 4.31 Å². The number of nitrogens with zero attached hydrogens (tertiary/aromatic N) is 1. The van der Waals surface area contributed by atoms with Crippen LogP contribution in [0.1, 0.15) is 18.5 Å². The molecule has 4 nitrogen and oxygen atoms in total. The minimum atomic E-state index is -3.72. The molecule has 0 aliphatic carbocycles. The summed E-state index contributed by atoms with van der Waals surface area (Å²) >= 11 is 3.47. The van der Waals surface area contributed by atoms with E-state index in [9.17, 15) is 8.42 Å². The smallest absolute Gasteiger partial charge is 0.276 e. The molecule has 0 spiro atoms. The molecule has 0 saturated carbocycles. The highest BCUT2D eigenvalue weighted by molar-refractivity contribution is 9.10. The van der Waals surface area contributed by atoms with Crippen LogP contribution in [0.25, 0.3) is 11.0 Å². The van der Waals surface area contributed by atoms with Gasteiger partial charge in [-0.3, -0.25) is 0 Å². The summed E-state index contributed by atoms with van der Waals surface area (Å²) in [5, 5.41) is 0.730. The molecule has 1 atom stereocenters. The van der Waals surface area contributed by atoms with Gasteiger partial charge < -0.3 is 4.42 Å². The summed E-state index contributed by atoms with van der Waals surface area (Å²) in [7, 11) is -2.16. The number of fused-ring (bicyclic) bond motifs is 1. The van der Waals surface area contributed by atoms with Gasteiger partial charge in [-0.1, -0.05) is 52.3 Å². The van der Waals surface area contributed by atoms with Gasteiger partial charge in [0.1, 0.15) is 5.58 Å². The van der Waals surface area contributed by atoms with Crippen molar-refractivity contribution in [1.82, 2.24) is 4.31 Å². The molecule has 3 aromatic rings. The summed E-state index contributed by atoms with van der Waals surface area (Å²) in [6.07, 6.45) is 0. The van der Waals surface area contributed by atoms with Crippen LogP contribution in [0, 0.1) is 0 Å². The van der Waals surface area contributed by atoms with Crippen molar-refractivity contribution in [1.29, 1.82) is 0 Å². The number of benzene rings is 2. The quantitative estimate of drug-likeness (QED) is 0.651. The maximum absolute atomic E-state index is 12.8. The van der Waals surface area contributed by atoms with Crippen LogP contribution in [-0.2, 0) is 10.0 Å². The summed E-state index contributed by atoms with van der Waals surface area (Å²) in [6.45, 7) is 1.85. The number of para-hydroxylation sites is 1. The first kappa shape index (κ1) is 16.2. The molecule has 23 heavy (non-hydrogen) atoms. The van der Waals surface area contributed by atoms with Crippen molar-refractivity contribution in [2.45, 2.75) is 18.1 Å². The second-order valence-electron chi connectivity index (χ2n) is 5.32. The fourth-order valence-electron chi connectivity index (χ4n) is 2.44. The molecule has 0 saturated heterocycles. The summed E-state index contributed by atoms with van der Waals surface area (Å²) < 4.78 is 33.4. The SMILES string of the molecule is CC(c1ccccc1Br)N(C)S(=O)(=O)c1cc2ccccc2o1. The molecule has 0 aliphatic rings. The van der Waals surface area contributed by atoms with Crippen molar-refractivity contribution in [3.05, 3.63) is 64.6 Å². The van der Waals surface area contributed by atoms with E-state index in [1.807, 2.05) is 49.4 Å². The Morgan fingerprint density at radius 1 is 1.09 bits per heavy atom. The highest BCUT2D eigenvalue weighted by atomic mass is 79.9. The third-order valence-corrected chi connectivity index (χ3v) is 6.44. The van der Waals surface area contributed by atoms with Crippen molar-refractivity contribution in [3.63, 3.8) is 0 Å². The van der Waals surface area contributed by atoms with Gasteiger partial charge in [0.15, 0.2) is 0 Å². The molecular formula is C17H16BrNO3S. The predicted octanol–water partition coefficient (Wildman–Crippen LogP) is 4.58. The minimum Gasteiger partial charge on any atom is -0.443 e. The summed E-state index contributed by atoms with van der Waals surface area (Å²) in [5.74, 6) is 0. The number of rotatable bonds is 4. The molecule has 0 N–H and O–H groups in total. The van der Waals surface area contributed by atoms with Crippen LogP contribution in [0.4, 0.5) is 0 Å². The average Bonchev–Trinajstić information content (AvgIpc) is 2.99. The lowest BCUT2D eigenvalue weighted by Crippen LogP contribution is -2.29. The van der Waals surface area contributed by atoms with Gasteiger partial charge in [0.05, 0.1) is 0 Å². The predicted molar refractivity (Wildman–Crippen MR) is 93.7 cm³/mol. The van der Waals surface area contributed by atoms with E-state index >= 15 is 0 Å².